The van der Waals surface area contributed by atoms with Crippen LogP contribution in [-0.2, 0) is 21.7 Å². The fraction of sp³-hybridized carbons (Fsp3) is 0.429. The number of benzene rings is 6. The normalized spacial score (nSPS) is 26.8. The second kappa shape index (κ2) is 13.8. The van der Waals surface area contributed by atoms with Crippen LogP contribution in [0.25, 0.3) is 11.1 Å². The molecular weight excluding hydrogens is 796 g/mol. The van der Waals surface area contributed by atoms with Crippen molar-refractivity contribution in [2.45, 2.75) is 173 Å². The molecule has 3 aliphatic carbocycles. The molecule has 6 aromatic carbocycles. The Morgan fingerprint density at radius 1 is 0.561 bits per heavy atom. The maximum atomic E-state index is 2.88. The van der Waals surface area contributed by atoms with Gasteiger partial charge in [0.05, 0.1) is 11.1 Å². The zero-order valence-corrected chi connectivity index (χ0v) is 42.1. The third kappa shape index (κ3) is 5.27. The Kier molecular flexibility index (Phi) is 8.85. The van der Waals surface area contributed by atoms with Crippen molar-refractivity contribution in [3.63, 3.8) is 0 Å². The number of nitrogens with zero attached hydrogens (tertiary/aromatic N) is 2. The molecule has 66 heavy (non-hydrogen) atoms. The summed E-state index contributed by atoms with van der Waals surface area (Å²) in [5, 5.41) is 0. The SMILES string of the molecule is Cc1cc(C)c2c(c1)N1c3c(cccc3C3(C)CCCCC13C)B2c1ccc(N2c3ccc(C(C)(C)C)cc3C3(C)CCCCC23C)cc1C(C)c1cccc2c1C(C)(C)c1ccccc1-2. The van der Waals surface area contributed by atoms with Crippen molar-refractivity contribution in [3.8, 4) is 11.1 Å². The number of aryl methyl sites for hydroxylation is 2. The van der Waals surface area contributed by atoms with Gasteiger partial charge in [0, 0.05) is 44.9 Å². The van der Waals surface area contributed by atoms with Crippen molar-refractivity contribution < 1.29 is 0 Å². The Balaban J connectivity index is 1.13. The highest BCUT2D eigenvalue weighted by atomic mass is 15.3. The molecule has 5 atom stereocenters. The van der Waals surface area contributed by atoms with E-state index in [9.17, 15) is 0 Å². The minimum Gasteiger partial charge on any atom is -0.335 e. The summed E-state index contributed by atoms with van der Waals surface area (Å²) in [6, 6.07) is 44.3. The third-order valence-electron chi connectivity index (χ3n) is 19.7. The van der Waals surface area contributed by atoms with Crippen LogP contribution in [0, 0.1) is 13.8 Å². The van der Waals surface area contributed by atoms with E-state index in [4.69, 9.17) is 0 Å². The zero-order valence-electron chi connectivity index (χ0n) is 42.1. The molecule has 0 aromatic heterocycles. The van der Waals surface area contributed by atoms with E-state index in [1.54, 1.807) is 11.1 Å². The van der Waals surface area contributed by atoms with Gasteiger partial charge in [0.25, 0.3) is 0 Å². The zero-order chi connectivity index (χ0) is 46.1. The summed E-state index contributed by atoms with van der Waals surface area (Å²) in [5.74, 6) is 0.140. The van der Waals surface area contributed by atoms with Crippen LogP contribution < -0.4 is 26.2 Å². The first-order valence-corrected chi connectivity index (χ1v) is 25.7. The molecule has 2 nitrogen and oxygen atoms in total. The van der Waals surface area contributed by atoms with Crippen LogP contribution >= 0.6 is 0 Å². The van der Waals surface area contributed by atoms with Gasteiger partial charge in [-0.3, -0.25) is 0 Å². The predicted molar refractivity (Wildman–Crippen MR) is 283 cm³/mol. The van der Waals surface area contributed by atoms with Gasteiger partial charge < -0.3 is 9.80 Å². The summed E-state index contributed by atoms with van der Waals surface area (Å²) in [4.78, 5) is 5.71. The fourth-order valence-electron chi connectivity index (χ4n) is 15.8. The Morgan fingerprint density at radius 2 is 1.21 bits per heavy atom. The molecule has 5 unspecified atom stereocenters. The van der Waals surface area contributed by atoms with Crippen molar-refractivity contribution in [2.24, 2.45) is 0 Å². The van der Waals surface area contributed by atoms with Gasteiger partial charge in [0.15, 0.2) is 0 Å². The first kappa shape index (κ1) is 42.3. The minimum atomic E-state index is -0.113. The molecular formula is C63H71BN2. The van der Waals surface area contributed by atoms with Crippen LogP contribution in [0.3, 0.4) is 0 Å². The van der Waals surface area contributed by atoms with Crippen molar-refractivity contribution in [1.29, 1.82) is 0 Å². The summed E-state index contributed by atoms with van der Waals surface area (Å²) < 4.78 is 0. The Morgan fingerprint density at radius 3 is 1.95 bits per heavy atom. The van der Waals surface area contributed by atoms with Crippen molar-refractivity contribution in [2.75, 3.05) is 9.80 Å². The van der Waals surface area contributed by atoms with Gasteiger partial charge in [-0.2, -0.15) is 0 Å². The lowest BCUT2D eigenvalue weighted by Gasteiger charge is -2.52. The Labute approximate surface area is 397 Å². The van der Waals surface area contributed by atoms with Crippen molar-refractivity contribution >= 4 is 45.9 Å². The second-order valence-corrected chi connectivity index (χ2v) is 24.4. The van der Waals surface area contributed by atoms with Gasteiger partial charge >= 0.3 is 0 Å². The number of hydrogen-bond donors (Lipinski definition) is 0. The maximum absolute atomic E-state index is 2.88. The molecule has 0 saturated heterocycles. The molecule has 6 aromatic rings. The topological polar surface area (TPSA) is 6.48 Å². The molecule has 0 spiro atoms. The van der Waals surface area contributed by atoms with E-state index >= 15 is 0 Å². The fourth-order valence-corrected chi connectivity index (χ4v) is 15.8. The molecule has 12 rings (SSSR count). The monoisotopic (exact) mass is 867 g/mol. The highest BCUT2D eigenvalue weighted by molar-refractivity contribution is 6.98. The molecule has 3 aliphatic heterocycles. The number of hydrogen-bond acceptors (Lipinski definition) is 2. The largest absolute Gasteiger partial charge is 0.335 e. The van der Waals surface area contributed by atoms with E-state index in [0.717, 1.165) is 0 Å². The summed E-state index contributed by atoms with van der Waals surface area (Å²) >= 11 is 0. The molecule has 0 N–H and O–H groups in total. The maximum Gasteiger partial charge on any atom is 0.247 e. The highest BCUT2D eigenvalue weighted by Gasteiger charge is 2.61. The standard InChI is InChI=1S/C63H71BN2/c1-39-35-40(2)56-54(36-39)66-57-49(60(9)31-15-18-34-63(60,66)12)25-20-26-52(57)64(56)51-29-28-43(65-53-30-27-42(58(4,5)6)37-50(53)61(10)32-16-17-33-62(61,65)11)38-47(51)41(3)44-22-19-23-46-45-21-13-14-24-48(45)59(7,8)55(44)46/h13-14,19-30,35-38,41H,15-18,31-34H2,1-12H3. The van der Waals surface area contributed by atoms with Crippen LogP contribution in [0.5, 0.6) is 0 Å². The molecule has 0 bridgehead atoms. The Hall–Kier alpha value is -5.02. The number of anilines is 4. The number of rotatable bonds is 4. The van der Waals surface area contributed by atoms with Gasteiger partial charge in [0.2, 0.25) is 6.71 Å². The van der Waals surface area contributed by atoms with E-state index in [1.165, 1.54) is 141 Å². The highest BCUT2D eigenvalue weighted by Crippen LogP contribution is 2.63. The summed E-state index contributed by atoms with van der Waals surface area (Å²) in [5.41, 5.74) is 26.2. The van der Waals surface area contributed by atoms with Crippen LogP contribution in [0.15, 0.2) is 109 Å². The first-order chi connectivity index (χ1) is 31.3. The van der Waals surface area contributed by atoms with Gasteiger partial charge in [-0.15, -0.1) is 0 Å². The average Bonchev–Trinajstić information content (AvgIpc) is 3.75. The van der Waals surface area contributed by atoms with Crippen molar-refractivity contribution in [1.82, 2.24) is 0 Å². The number of fused-ring (bicyclic) bond motifs is 11. The predicted octanol–water partition coefficient (Wildman–Crippen LogP) is 14.4. The van der Waals surface area contributed by atoms with Crippen LogP contribution in [0.2, 0.25) is 0 Å². The number of para-hydroxylation sites is 1. The summed E-state index contributed by atoms with van der Waals surface area (Å²) in [6.07, 6.45) is 10.00. The average molecular weight is 867 g/mol. The molecule has 3 heteroatoms. The van der Waals surface area contributed by atoms with Crippen LogP contribution in [0.4, 0.5) is 22.7 Å². The van der Waals surface area contributed by atoms with Crippen LogP contribution in [0.1, 0.15) is 177 Å². The Bertz CT molecular complexity index is 3040. The van der Waals surface area contributed by atoms with E-state index in [2.05, 4.69) is 202 Å². The van der Waals surface area contributed by atoms with E-state index < -0.39 is 0 Å². The van der Waals surface area contributed by atoms with E-state index in [1.807, 2.05) is 0 Å². The molecule has 6 aliphatic rings. The third-order valence-corrected chi connectivity index (χ3v) is 19.7. The van der Waals surface area contributed by atoms with Gasteiger partial charge in [0.1, 0.15) is 0 Å². The molecule has 336 valence electrons. The second-order valence-electron chi connectivity index (χ2n) is 24.4. The summed E-state index contributed by atoms with van der Waals surface area (Å²) in [7, 11) is 0. The van der Waals surface area contributed by atoms with E-state index in [0.29, 0.717) is 0 Å². The molecule has 0 radical (unpaired) electrons. The van der Waals surface area contributed by atoms with Gasteiger partial charge in [-0.05, 0) is 150 Å². The lowest BCUT2D eigenvalue weighted by atomic mass is 9.33. The van der Waals surface area contributed by atoms with Crippen molar-refractivity contribution in [3.05, 3.63) is 159 Å². The molecule has 3 heterocycles. The first-order valence-electron chi connectivity index (χ1n) is 25.7. The lowest BCUT2D eigenvalue weighted by Crippen LogP contribution is -2.63. The smallest absolute Gasteiger partial charge is 0.247 e. The van der Waals surface area contributed by atoms with E-state index in [-0.39, 0.29) is 45.4 Å². The van der Waals surface area contributed by atoms with Gasteiger partial charge in [-0.1, -0.05) is 177 Å². The molecule has 0 amide bonds. The molecule has 2 saturated carbocycles. The quantitative estimate of drug-likeness (QED) is 0.163. The minimum absolute atomic E-state index is 0.0207. The summed E-state index contributed by atoms with van der Waals surface area (Å²) in [6.45, 7) is 29.8. The van der Waals surface area contributed by atoms with Crippen LogP contribution in [-0.4, -0.2) is 17.8 Å². The molecule has 2 fully saturated rings. The lowest BCUT2D eigenvalue weighted by molar-refractivity contribution is 0.194. The van der Waals surface area contributed by atoms with Gasteiger partial charge in [-0.25, -0.2) is 0 Å².